The first-order valence-corrected chi connectivity index (χ1v) is 9.48. The van der Waals surface area contributed by atoms with E-state index in [0.717, 1.165) is 13.0 Å². The number of nitrogens with zero attached hydrogens (tertiary/aromatic N) is 1. The van der Waals surface area contributed by atoms with Gasteiger partial charge in [0.2, 0.25) is 0 Å². The van der Waals surface area contributed by atoms with E-state index < -0.39 is 0 Å². The molecule has 0 radical (unpaired) electrons. The minimum Gasteiger partial charge on any atom is -0.299 e. The van der Waals surface area contributed by atoms with Crippen LogP contribution in [-0.4, -0.2) is 24.5 Å². The van der Waals surface area contributed by atoms with Gasteiger partial charge in [0.1, 0.15) is 0 Å². The summed E-state index contributed by atoms with van der Waals surface area (Å²) in [4.78, 5) is 2.64. The Bertz CT molecular complexity index is 579. The van der Waals surface area contributed by atoms with Crippen molar-refractivity contribution in [3.8, 4) is 0 Å². The highest BCUT2D eigenvalue weighted by atomic mass is 79.9. The van der Waals surface area contributed by atoms with Gasteiger partial charge in [-0.05, 0) is 67.8 Å². The average Bonchev–Trinajstić information content (AvgIpc) is 2.59. The fourth-order valence-electron chi connectivity index (χ4n) is 3.85. The molecule has 22 heavy (non-hydrogen) atoms. The van der Waals surface area contributed by atoms with Gasteiger partial charge >= 0.3 is 0 Å². The largest absolute Gasteiger partial charge is 0.299 e. The maximum absolute atomic E-state index is 3.92. The molecule has 0 spiro atoms. The van der Waals surface area contributed by atoms with Crippen LogP contribution >= 0.6 is 15.9 Å². The van der Waals surface area contributed by atoms with E-state index in [1.54, 1.807) is 0 Å². The molecule has 0 unspecified atom stereocenters. The van der Waals surface area contributed by atoms with Gasteiger partial charge in [-0.3, -0.25) is 4.90 Å². The lowest BCUT2D eigenvalue weighted by Crippen LogP contribution is -2.31. The van der Waals surface area contributed by atoms with Gasteiger partial charge in [-0.1, -0.05) is 60.0 Å². The van der Waals surface area contributed by atoms with E-state index >= 15 is 0 Å². The Morgan fingerprint density at radius 2 is 1.86 bits per heavy atom. The zero-order valence-electron chi connectivity index (χ0n) is 14.2. The van der Waals surface area contributed by atoms with E-state index in [1.165, 1.54) is 65.5 Å². The Balaban J connectivity index is 1.99. The third kappa shape index (κ3) is 3.33. The first-order chi connectivity index (χ1) is 10.5. The van der Waals surface area contributed by atoms with Crippen LogP contribution in [0.1, 0.15) is 62.6 Å². The lowest BCUT2D eigenvalue weighted by molar-refractivity contribution is 0.255. The highest BCUT2D eigenvalue weighted by molar-refractivity contribution is 9.11. The smallest absolute Gasteiger partial charge is 0.0247 e. The van der Waals surface area contributed by atoms with Crippen LogP contribution in [-0.2, 0) is 5.41 Å². The van der Waals surface area contributed by atoms with Crippen LogP contribution in [0.2, 0.25) is 0 Å². The van der Waals surface area contributed by atoms with Crippen LogP contribution in [0, 0.1) is 6.92 Å². The van der Waals surface area contributed by atoms with Crippen molar-refractivity contribution in [2.75, 3.05) is 19.6 Å². The SMILES string of the molecule is Cc1ccc2c(c1)C(C)(C)CCC(Br)=C2CN1CCCCC1. The molecule has 1 aliphatic carbocycles. The first-order valence-electron chi connectivity index (χ1n) is 8.69. The van der Waals surface area contributed by atoms with Gasteiger partial charge < -0.3 is 0 Å². The topological polar surface area (TPSA) is 3.24 Å². The highest BCUT2D eigenvalue weighted by Gasteiger charge is 2.29. The summed E-state index contributed by atoms with van der Waals surface area (Å²) in [5.41, 5.74) is 6.17. The van der Waals surface area contributed by atoms with Gasteiger partial charge in [0, 0.05) is 11.0 Å². The molecule has 1 saturated heterocycles. The molecule has 2 heteroatoms. The lowest BCUT2D eigenvalue weighted by atomic mass is 9.78. The summed E-state index contributed by atoms with van der Waals surface area (Å²) in [6.07, 6.45) is 6.49. The van der Waals surface area contributed by atoms with Gasteiger partial charge in [-0.25, -0.2) is 0 Å². The summed E-state index contributed by atoms with van der Waals surface area (Å²) in [7, 11) is 0. The normalized spacial score (nSPS) is 22.4. The molecular weight excluding hydrogens is 334 g/mol. The first kappa shape index (κ1) is 16.3. The zero-order valence-corrected chi connectivity index (χ0v) is 15.8. The number of piperidine rings is 1. The number of benzene rings is 1. The third-order valence-corrected chi connectivity index (χ3v) is 6.23. The van der Waals surface area contributed by atoms with Crippen LogP contribution in [0.4, 0.5) is 0 Å². The van der Waals surface area contributed by atoms with Crippen molar-refractivity contribution < 1.29 is 0 Å². The number of hydrogen-bond acceptors (Lipinski definition) is 1. The predicted octanol–water partition coefficient (Wildman–Crippen LogP) is 5.66. The average molecular weight is 362 g/mol. The van der Waals surface area contributed by atoms with E-state index in [9.17, 15) is 0 Å². The quantitative estimate of drug-likeness (QED) is 0.656. The second-order valence-corrected chi connectivity index (χ2v) is 8.61. The van der Waals surface area contributed by atoms with Crippen molar-refractivity contribution in [3.63, 3.8) is 0 Å². The minimum atomic E-state index is 0.254. The minimum absolute atomic E-state index is 0.254. The molecular formula is C20H28BrN. The molecule has 120 valence electrons. The lowest BCUT2D eigenvalue weighted by Gasteiger charge is -2.30. The van der Waals surface area contributed by atoms with Crippen molar-refractivity contribution in [1.29, 1.82) is 0 Å². The van der Waals surface area contributed by atoms with Crippen molar-refractivity contribution in [2.45, 2.75) is 58.3 Å². The monoisotopic (exact) mass is 361 g/mol. The van der Waals surface area contributed by atoms with E-state index in [2.05, 4.69) is 59.8 Å². The van der Waals surface area contributed by atoms with Crippen LogP contribution in [0.5, 0.6) is 0 Å². The van der Waals surface area contributed by atoms with E-state index in [1.807, 2.05) is 0 Å². The molecule has 1 heterocycles. The van der Waals surface area contributed by atoms with Crippen LogP contribution in [0.15, 0.2) is 22.7 Å². The van der Waals surface area contributed by atoms with Gasteiger partial charge in [-0.2, -0.15) is 0 Å². The Morgan fingerprint density at radius 1 is 1.14 bits per heavy atom. The van der Waals surface area contributed by atoms with Crippen molar-refractivity contribution in [1.82, 2.24) is 4.90 Å². The van der Waals surface area contributed by atoms with Crippen molar-refractivity contribution in [2.24, 2.45) is 0 Å². The van der Waals surface area contributed by atoms with Crippen molar-refractivity contribution >= 4 is 21.5 Å². The zero-order chi connectivity index (χ0) is 15.7. The fourth-order valence-corrected chi connectivity index (χ4v) is 4.38. The van der Waals surface area contributed by atoms with Crippen LogP contribution < -0.4 is 0 Å². The molecule has 1 nitrogen and oxygen atoms in total. The summed E-state index contributed by atoms with van der Waals surface area (Å²) >= 11 is 3.92. The number of allylic oxidation sites excluding steroid dienone is 1. The molecule has 2 aliphatic rings. The highest BCUT2D eigenvalue weighted by Crippen LogP contribution is 2.42. The summed E-state index contributed by atoms with van der Waals surface area (Å²) in [6.45, 7) is 10.6. The Morgan fingerprint density at radius 3 is 2.59 bits per heavy atom. The Hall–Kier alpha value is -0.600. The van der Waals surface area contributed by atoms with Gasteiger partial charge in [-0.15, -0.1) is 0 Å². The predicted molar refractivity (Wildman–Crippen MR) is 99.6 cm³/mol. The standard InChI is InChI=1S/C20H28BrN/c1-15-7-8-16-17(14-22-11-5-4-6-12-22)19(21)9-10-20(2,3)18(16)13-15/h7-8,13H,4-6,9-12,14H2,1-3H3. The van der Waals surface area contributed by atoms with Crippen LogP contribution in [0.25, 0.3) is 5.57 Å². The molecule has 0 aromatic heterocycles. The number of likely N-dealkylation sites (tertiary alicyclic amines) is 1. The van der Waals surface area contributed by atoms with Crippen molar-refractivity contribution in [3.05, 3.63) is 39.4 Å². The molecule has 0 bridgehead atoms. The fraction of sp³-hybridized carbons (Fsp3) is 0.600. The van der Waals surface area contributed by atoms with E-state index in [-0.39, 0.29) is 5.41 Å². The maximum Gasteiger partial charge on any atom is 0.0247 e. The molecule has 1 aromatic rings. The second kappa shape index (κ2) is 6.49. The molecule has 1 fully saturated rings. The number of fused-ring (bicyclic) bond motifs is 1. The molecule has 1 aliphatic heterocycles. The Kier molecular flexibility index (Phi) is 4.80. The summed E-state index contributed by atoms with van der Waals surface area (Å²) in [6, 6.07) is 7.05. The molecule has 0 atom stereocenters. The van der Waals surface area contributed by atoms with E-state index in [4.69, 9.17) is 0 Å². The Labute approximate surface area is 143 Å². The summed E-state index contributed by atoms with van der Waals surface area (Å²) in [5.74, 6) is 0. The molecule has 0 N–H and O–H groups in total. The second-order valence-electron chi connectivity index (χ2n) is 7.65. The number of rotatable bonds is 2. The molecule has 3 rings (SSSR count). The molecule has 0 amide bonds. The van der Waals surface area contributed by atoms with Gasteiger partial charge in [0.05, 0.1) is 0 Å². The van der Waals surface area contributed by atoms with Crippen LogP contribution in [0.3, 0.4) is 0 Å². The summed E-state index contributed by atoms with van der Waals surface area (Å²) < 4.78 is 1.42. The van der Waals surface area contributed by atoms with E-state index in [0.29, 0.717) is 0 Å². The van der Waals surface area contributed by atoms with Gasteiger partial charge in [0.25, 0.3) is 0 Å². The number of hydrogen-bond donors (Lipinski definition) is 0. The molecule has 1 aromatic carbocycles. The maximum atomic E-state index is 3.92. The van der Waals surface area contributed by atoms with Gasteiger partial charge in [0.15, 0.2) is 0 Å². The molecule has 0 saturated carbocycles. The number of halogens is 1. The number of aryl methyl sites for hydroxylation is 1. The third-order valence-electron chi connectivity index (χ3n) is 5.36. The summed E-state index contributed by atoms with van der Waals surface area (Å²) in [5, 5.41) is 0.